The van der Waals surface area contributed by atoms with Crippen molar-refractivity contribution in [2.75, 3.05) is 0 Å². The second-order valence-electron chi connectivity index (χ2n) is 9.87. The SMILES string of the molecule is C[C@H]1OC(=O)[C@@H]2C[C@@H]3CCCC[C@H]3[C@](F)(/C=C/c3ccc(-c4cccc(C(F)(F)F)c4)cn3)[C@H]12. The molecule has 0 unspecified atom stereocenters. The van der Waals surface area contributed by atoms with Crippen LogP contribution >= 0.6 is 0 Å². The third kappa shape index (κ3) is 4.03. The molecular formula is C27H27F4NO2. The van der Waals surface area contributed by atoms with Crippen LogP contribution in [0.4, 0.5) is 17.6 Å². The largest absolute Gasteiger partial charge is 0.462 e. The summed E-state index contributed by atoms with van der Waals surface area (Å²) in [5.41, 5.74) is -0.909. The predicted octanol–water partition coefficient (Wildman–Crippen LogP) is 6.88. The van der Waals surface area contributed by atoms with Crippen molar-refractivity contribution < 1.29 is 27.1 Å². The van der Waals surface area contributed by atoms with Gasteiger partial charge in [0.1, 0.15) is 11.8 Å². The van der Waals surface area contributed by atoms with E-state index in [0.29, 0.717) is 23.2 Å². The van der Waals surface area contributed by atoms with Crippen LogP contribution in [-0.4, -0.2) is 22.7 Å². The fourth-order valence-electron chi connectivity index (χ4n) is 6.37. The highest BCUT2D eigenvalue weighted by molar-refractivity contribution is 5.76. The van der Waals surface area contributed by atoms with E-state index in [4.69, 9.17) is 4.74 Å². The maximum Gasteiger partial charge on any atom is 0.416 e. The molecule has 0 N–H and O–H groups in total. The van der Waals surface area contributed by atoms with Crippen LogP contribution in [0.25, 0.3) is 17.2 Å². The van der Waals surface area contributed by atoms with Crippen LogP contribution in [0, 0.1) is 23.7 Å². The topological polar surface area (TPSA) is 39.2 Å². The Morgan fingerprint density at radius 3 is 2.65 bits per heavy atom. The van der Waals surface area contributed by atoms with E-state index < -0.39 is 35.3 Å². The fourth-order valence-corrected chi connectivity index (χ4v) is 6.37. The molecule has 5 rings (SSSR count). The average molecular weight is 474 g/mol. The quantitative estimate of drug-likeness (QED) is 0.360. The molecule has 2 saturated carbocycles. The molecule has 0 radical (unpaired) electrons. The zero-order valence-electron chi connectivity index (χ0n) is 18.9. The molecule has 3 nitrogen and oxygen atoms in total. The van der Waals surface area contributed by atoms with Gasteiger partial charge in [0, 0.05) is 17.7 Å². The number of halogens is 4. The first-order valence-corrected chi connectivity index (χ1v) is 11.9. The predicted molar refractivity (Wildman–Crippen MR) is 120 cm³/mol. The molecule has 7 heteroatoms. The van der Waals surface area contributed by atoms with Crippen molar-refractivity contribution in [3.63, 3.8) is 0 Å². The van der Waals surface area contributed by atoms with Crippen LogP contribution in [0.15, 0.2) is 48.7 Å². The lowest BCUT2D eigenvalue weighted by atomic mass is 9.56. The summed E-state index contributed by atoms with van der Waals surface area (Å²) < 4.78 is 61.4. The minimum Gasteiger partial charge on any atom is -0.462 e. The van der Waals surface area contributed by atoms with Gasteiger partial charge in [0.2, 0.25) is 0 Å². The minimum atomic E-state index is -4.42. The number of hydrogen-bond acceptors (Lipinski definition) is 3. The van der Waals surface area contributed by atoms with Gasteiger partial charge in [-0.05, 0) is 67.5 Å². The number of hydrogen-bond donors (Lipinski definition) is 0. The monoisotopic (exact) mass is 473 g/mol. The molecule has 1 aliphatic heterocycles. The van der Waals surface area contributed by atoms with Crippen LogP contribution in [-0.2, 0) is 15.7 Å². The first kappa shape index (κ1) is 23.1. The Kier molecular flexibility index (Phi) is 5.77. The van der Waals surface area contributed by atoms with E-state index >= 15 is 4.39 Å². The molecule has 1 saturated heterocycles. The van der Waals surface area contributed by atoms with Crippen molar-refractivity contribution in [1.29, 1.82) is 0 Å². The number of carbonyl (C=O) groups excluding carboxylic acids is 1. The minimum absolute atomic E-state index is 0.153. The molecule has 34 heavy (non-hydrogen) atoms. The molecule has 0 spiro atoms. The molecule has 0 bridgehead atoms. The number of pyridine rings is 1. The summed E-state index contributed by atoms with van der Waals surface area (Å²) in [5, 5.41) is 0. The molecule has 0 amide bonds. The number of aromatic nitrogens is 1. The third-order valence-corrected chi connectivity index (χ3v) is 7.91. The van der Waals surface area contributed by atoms with Gasteiger partial charge >= 0.3 is 12.1 Å². The Morgan fingerprint density at radius 1 is 1.12 bits per heavy atom. The van der Waals surface area contributed by atoms with Crippen molar-refractivity contribution in [1.82, 2.24) is 4.98 Å². The number of fused-ring (bicyclic) bond motifs is 2. The Balaban J connectivity index is 1.42. The van der Waals surface area contributed by atoms with Crippen molar-refractivity contribution >= 4 is 12.0 Å². The van der Waals surface area contributed by atoms with Crippen LogP contribution < -0.4 is 0 Å². The molecule has 3 fully saturated rings. The van der Waals surface area contributed by atoms with Gasteiger partial charge in [0.25, 0.3) is 0 Å². The van der Waals surface area contributed by atoms with Gasteiger partial charge < -0.3 is 4.74 Å². The Labute approximate surface area is 196 Å². The molecule has 2 aromatic rings. The van der Waals surface area contributed by atoms with E-state index in [0.717, 1.165) is 37.8 Å². The van der Waals surface area contributed by atoms with Gasteiger partial charge in [-0.3, -0.25) is 9.78 Å². The van der Waals surface area contributed by atoms with Crippen LogP contribution in [0.1, 0.15) is 50.3 Å². The highest BCUT2D eigenvalue weighted by Crippen LogP contribution is 2.57. The maximum absolute atomic E-state index is 16.8. The van der Waals surface area contributed by atoms with Crippen LogP contribution in [0.3, 0.4) is 0 Å². The lowest BCUT2D eigenvalue weighted by molar-refractivity contribution is -0.144. The Morgan fingerprint density at radius 2 is 1.91 bits per heavy atom. The average Bonchev–Trinajstić information content (AvgIpc) is 3.11. The molecule has 1 aromatic heterocycles. The zero-order chi connectivity index (χ0) is 24.1. The first-order chi connectivity index (χ1) is 16.2. The van der Waals surface area contributed by atoms with Gasteiger partial charge in [0.15, 0.2) is 0 Å². The normalized spacial score (nSPS) is 33.4. The second kappa shape index (κ2) is 8.51. The Bertz CT molecular complexity index is 1100. The summed E-state index contributed by atoms with van der Waals surface area (Å²) in [5.74, 6) is -1.21. The number of nitrogens with zero attached hydrogens (tertiary/aromatic N) is 1. The number of cyclic esters (lactones) is 1. The Hall–Kier alpha value is -2.70. The molecular weight excluding hydrogens is 446 g/mol. The van der Waals surface area contributed by atoms with Gasteiger partial charge in [-0.1, -0.05) is 37.5 Å². The molecule has 3 aliphatic rings. The molecule has 2 heterocycles. The number of allylic oxidation sites excluding steroid dienone is 1. The number of rotatable bonds is 3. The van der Waals surface area contributed by atoms with E-state index in [1.54, 1.807) is 37.3 Å². The van der Waals surface area contributed by atoms with E-state index in [9.17, 15) is 18.0 Å². The first-order valence-electron chi connectivity index (χ1n) is 11.9. The summed E-state index contributed by atoms with van der Waals surface area (Å²) in [6.07, 6.45) is 4.25. The summed E-state index contributed by atoms with van der Waals surface area (Å²) >= 11 is 0. The molecule has 1 aromatic carbocycles. The second-order valence-corrected chi connectivity index (χ2v) is 9.87. The zero-order valence-corrected chi connectivity index (χ0v) is 18.9. The van der Waals surface area contributed by atoms with Crippen LogP contribution in [0.5, 0.6) is 0 Å². The molecule has 180 valence electrons. The number of benzene rings is 1. The molecule has 6 atom stereocenters. The number of esters is 1. The van der Waals surface area contributed by atoms with Gasteiger partial charge in [0.05, 0.1) is 17.2 Å². The smallest absolute Gasteiger partial charge is 0.416 e. The van der Waals surface area contributed by atoms with Gasteiger partial charge in [-0.25, -0.2) is 4.39 Å². The fraction of sp³-hybridized carbons (Fsp3) is 0.481. The highest BCUT2D eigenvalue weighted by Gasteiger charge is 2.62. The van der Waals surface area contributed by atoms with E-state index in [-0.39, 0.29) is 17.8 Å². The molecule has 2 aliphatic carbocycles. The lowest BCUT2D eigenvalue weighted by Gasteiger charge is -2.49. The number of alkyl halides is 4. The van der Waals surface area contributed by atoms with Crippen molar-refractivity contribution in [3.8, 4) is 11.1 Å². The standard InChI is InChI=1S/C27H27F4NO2/c1-16-24-22(25(33)34-16)14-18-5-2-3-8-23(18)26(24,28)12-11-21-10-9-19(15-32-21)17-6-4-7-20(13-17)27(29,30)31/h4,6-7,9-13,15-16,18,22-24H,2-3,5,8,14H2,1H3/b12-11+/t16-,18+,22-,23-,24-,26-/m1/s1. The van der Waals surface area contributed by atoms with Crippen molar-refractivity contribution in [3.05, 3.63) is 59.9 Å². The van der Waals surface area contributed by atoms with E-state index in [2.05, 4.69) is 4.98 Å². The van der Waals surface area contributed by atoms with Crippen LogP contribution in [0.2, 0.25) is 0 Å². The number of ether oxygens (including phenoxy) is 1. The highest BCUT2D eigenvalue weighted by atomic mass is 19.4. The summed E-state index contributed by atoms with van der Waals surface area (Å²) in [6, 6.07) is 8.45. The lowest BCUT2D eigenvalue weighted by Crippen LogP contribution is -2.53. The van der Waals surface area contributed by atoms with Gasteiger partial charge in [-0.15, -0.1) is 0 Å². The van der Waals surface area contributed by atoms with E-state index in [1.807, 2.05) is 0 Å². The van der Waals surface area contributed by atoms with Gasteiger partial charge in [-0.2, -0.15) is 13.2 Å². The van der Waals surface area contributed by atoms with Crippen molar-refractivity contribution in [2.24, 2.45) is 23.7 Å². The summed E-state index contributed by atoms with van der Waals surface area (Å²) in [7, 11) is 0. The van der Waals surface area contributed by atoms with Crippen molar-refractivity contribution in [2.45, 2.75) is 57.0 Å². The summed E-state index contributed by atoms with van der Waals surface area (Å²) in [6.45, 7) is 1.77. The van der Waals surface area contributed by atoms with E-state index in [1.165, 1.54) is 12.3 Å². The summed E-state index contributed by atoms with van der Waals surface area (Å²) in [4.78, 5) is 16.8. The maximum atomic E-state index is 16.8. The number of carbonyl (C=O) groups is 1. The third-order valence-electron chi connectivity index (χ3n) is 7.91.